The highest BCUT2D eigenvalue weighted by Crippen LogP contribution is 2.18. The molecule has 0 atom stereocenters. The number of benzene rings is 2. The van der Waals surface area contributed by atoms with Gasteiger partial charge in [0, 0.05) is 15.9 Å². The fraction of sp³-hybridized carbons (Fsp3) is 0.125. The summed E-state index contributed by atoms with van der Waals surface area (Å²) in [7, 11) is -1.61. The standard InChI is InChI=1S/C16H15BrSi/c1-18(2,13-12-17)16-10-8-15(9-11-16)14-6-4-3-5-7-14/h3-11H,1-2H3. The summed E-state index contributed by atoms with van der Waals surface area (Å²) in [6, 6.07) is 19.3. The van der Waals surface area contributed by atoms with Gasteiger partial charge in [-0.25, -0.2) is 0 Å². The van der Waals surface area contributed by atoms with E-state index in [4.69, 9.17) is 0 Å². The minimum absolute atomic E-state index is 1.26. The molecule has 0 spiro atoms. The molecule has 0 aromatic heterocycles. The number of rotatable bonds is 2. The Balaban J connectivity index is 2.33. The Hall–Kier alpha value is -1.30. The average molecular weight is 315 g/mol. The van der Waals surface area contributed by atoms with Crippen molar-refractivity contribution in [2.75, 3.05) is 0 Å². The van der Waals surface area contributed by atoms with Gasteiger partial charge >= 0.3 is 0 Å². The lowest BCUT2D eigenvalue weighted by Gasteiger charge is -2.15. The van der Waals surface area contributed by atoms with Crippen LogP contribution in [0.15, 0.2) is 54.6 Å². The average Bonchev–Trinajstić information content (AvgIpc) is 2.40. The maximum atomic E-state index is 3.30. The molecule has 2 heteroatoms. The van der Waals surface area contributed by atoms with Crippen LogP contribution in [0.25, 0.3) is 11.1 Å². The molecule has 18 heavy (non-hydrogen) atoms. The van der Waals surface area contributed by atoms with E-state index in [2.05, 4.69) is 87.9 Å². The lowest BCUT2D eigenvalue weighted by Crippen LogP contribution is -2.39. The Labute approximate surface area is 118 Å². The van der Waals surface area contributed by atoms with Gasteiger partial charge < -0.3 is 0 Å². The van der Waals surface area contributed by atoms with E-state index < -0.39 is 8.07 Å². The molecule has 0 heterocycles. The second-order valence-corrected chi connectivity index (χ2v) is 9.26. The molecule has 0 saturated carbocycles. The van der Waals surface area contributed by atoms with Crippen LogP contribution in [-0.4, -0.2) is 8.07 Å². The summed E-state index contributed by atoms with van der Waals surface area (Å²) in [5.41, 5.74) is 5.82. The maximum Gasteiger partial charge on any atom is 0.163 e. The van der Waals surface area contributed by atoms with Crippen LogP contribution in [0.2, 0.25) is 13.1 Å². The first-order chi connectivity index (χ1) is 8.63. The van der Waals surface area contributed by atoms with Crippen LogP contribution >= 0.6 is 15.9 Å². The normalized spacial score (nSPS) is 10.6. The van der Waals surface area contributed by atoms with Crippen LogP contribution in [0.5, 0.6) is 0 Å². The molecule has 2 rings (SSSR count). The largest absolute Gasteiger partial charge is 0.163 e. The summed E-state index contributed by atoms with van der Waals surface area (Å²) in [5.74, 6) is 0. The van der Waals surface area contributed by atoms with Gasteiger partial charge in [0.2, 0.25) is 0 Å². The second kappa shape index (κ2) is 5.56. The van der Waals surface area contributed by atoms with Crippen molar-refractivity contribution in [2.24, 2.45) is 0 Å². The van der Waals surface area contributed by atoms with Gasteiger partial charge in [-0.05, 0) is 21.1 Å². The van der Waals surface area contributed by atoms with Gasteiger partial charge in [0.15, 0.2) is 8.07 Å². The molecule has 0 saturated heterocycles. The number of hydrogen-bond donors (Lipinski definition) is 0. The molecule has 0 unspecified atom stereocenters. The molecule has 0 N–H and O–H groups in total. The zero-order valence-corrected chi connectivity index (χ0v) is 13.2. The van der Waals surface area contributed by atoms with Gasteiger partial charge in [0.25, 0.3) is 0 Å². The van der Waals surface area contributed by atoms with Crippen molar-refractivity contribution in [3.05, 3.63) is 54.6 Å². The fourth-order valence-electron chi connectivity index (χ4n) is 1.90. The monoisotopic (exact) mass is 314 g/mol. The Morgan fingerprint density at radius 3 is 1.94 bits per heavy atom. The molecule has 2 aromatic carbocycles. The van der Waals surface area contributed by atoms with E-state index in [0.717, 1.165) is 0 Å². The molecule has 0 nitrogen and oxygen atoms in total. The first-order valence-corrected chi connectivity index (χ1v) is 9.71. The summed E-state index contributed by atoms with van der Waals surface area (Å²) in [6.45, 7) is 4.53. The van der Waals surface area contributed by atoms with Gasteiger partial charge in [0.1, 0.15) is 0 Å². The molecule has 0 radical (unpaired) electrons. The molecule has 0 bridgehead atoms. The van der Waals surface area contributed by atoms with Crippen molar-refractivity contribution in [3.8, 4) is 21.5 Å². The highest BCUT2D eigenvalue weighted by molar-refractivity contribution is 9.12. The smallest absolute Gasteiger partial charge is 0.114 e. The summed E-state index contributed by atoms with van der Waals surface area (Å²) in [6.07, 6.45) is 0. The lowest BCUT2D eigenvalue weighted by atomic mass is 10.1. The van der Waals surface area contributed by atoms with E-state index in [-0.39, 0.29) is 0 Å². The number of halogens is 1. The van der Waals surface area contributed by atoms with Crippen LogP contribution in [0, 0.1) is 10.4 Å². The molecule has 0 aliphatic carbocycles. The topological polar surface area (TPSA) is 0 Å². The minimum Gasteiger partial charge on any atom is -0.114 e. The maximum absolute atomic E-state index is 3.30. The molecule has 90 valence electrons. The third kappa shape index (κ3) is 2.93. The first kappa shape index (κ1) is 13.1. The van der Waals surface area contributed by atoms with Gasteiger partial charge in [0.05, 0.1) is 0 Å². The quantitative estimate of drug-likeness (QED) is 0.576. The summed E-state index contributed by atoms with van der Waals surface area (Å²) in [4.78, 5) is 2.88. The highest BCUT2D eigenvalue weighted by Gasteiger charge is 2.20. The van der Waals surface area contributed by atoms with Crippen molar-refractivity contribution in [2.45, 2.75) is 13.1 Å². The zero-order valence-electron chi connectivity index (χ0n) is 10.6. The summed E-state index contributed by atoms with van der Waals surface area (Å²) in [5, 5.41) is 1.37. The molecule has 0 aliphatic heterocycles. The molecule has 2 aromatic rings. The van der Waals surface area contributed by atoms with E-state index >= 15 is 0 Å². The molecule has 0 aliphatic rings. The summed E-state index contributed by atoms with van der Waals surface area (Å²) < 4.78 is 0. The number of hydrogen-bond acceptors (Lipinski definition) is 0. The van der Waals surface area contributed by atoms with Crippen molar-refractivity contribution in [3.63, 3.8) is 0 Å². The Kier molecular flexibility index (Phi) is 4.06. The SMILES string of the molecule is C[Si](C)(C#CBr)c1ccc(-c2ccccc2)cc1. The van der Waals surface area contributed by atoms with Gasteiger partial charge in [-0.3, -0.25) is 0 Å². The minimum atomic E-state index is -1.61. The Bertz CT molecular complexity index is 574. The molecular formula is C16H15BrSi. The van der Waals surface area contributed by atoms with E-state index in [0.29, 0.717) is 0 Å². The van der Waals surface area contributed by atoms with Gasteiger partial charge in [-0.1, -0.05) is 67.7 Å². The van der Waals surface area contributed by atoms with Gasteiger partial charge in [-0.15, -0.1) is 5.54 Å². The van der Waals surface area contributed by atoms with Crippen molar-refractivity contribution in [1.29, 1.82) is 0 Å². The van der Waals surface area contributed by atoms with Crippen LogP contribution in [0.1, 0.15) is 0 Å². The van der Waals surface area contributed by atoms with E-state index in [1.54, 1.807) is 0 Å². The molecular weight excluding hydrogens is 300 g/mol. The Morgan fingerprint density at radius 2 is 1.39 bits per heavy atom. The van der Waals surface area contributed by atoms with Crippen molar-refractivity contribution >= 4 is 29.2 Å². The van der Waals surface area contributed by atoms with Crippen LogP contribution in [0.3, 0.4) is 0 Å². The van der Waals surface area contributed by atoms with E-state index in [1.165, 1.54) is 16.3 Å². The van der Waals surface area contributed by atoms with Crippen molar-refractivity contribution in [1.82, 2.24) is 0 Å². The third-order valence-electron chi connectivity index (χ3n) is 3.07. The van der Waals surface area contributed by atoms with Crippen molar-refractivity contribution < 1.29 is 0 Å². The predicted octanol–water partition coefficient (Wildman–Crippen LogP) is 4.16. The second-order valence-electron chi connectivity index (χ2n) is 4.79. The predicted molar refractivity (Wildman–Crippen MR) is 85.7 cm³/mol. The fourth-order valence-corrected chi connectivity index (χ4v) is 4.77. The molecule has 0 amide bonds. The lowest BCUT2D eigenvalue weighted by molar-refractivity contribution is 1.63. The molecule has 0 fully saturated rings. The van der Waals surface area contributed by atoms with Gasteiger partial charge in [-0.2, -0.15) is 0 Å². The Morgan fingerprint density at radius 1 is 0.833 bits per heavy atom. The summed E-state index contributed by atoms with van der Waals surface area (Å²) >= 11 is 3.21. The van der Waals surface area contributed by atoms with Crippen LogP contribution in [-0.2, 0) is 0 Å². The third-order valence-corrected chi connectivity index (χ3v) is 6.16. The van der Waals surface area contributed by atoms with E-state index in [1.807, 2.05) is 6.07 Å². The highest BCUT2D eigenvalue weighted by atomic mass is 79.9. The van der Waals surface area contributed by atoms with E-state index in [9.17, 15) is 0 Å². The first-order valence-electron chi connectivity index (χ1n) is 5.92. The van der Waals surface area contributed by atoms with Crippen LogP contribution in [0.4, 0.5) is 0 Å². The zero-order chi connectivity index (χ0) is 13.0. The van der Waals surface area contributed by atoms with Crippen LogP contribution < -0.4 is 5.19 Å².